The Morgan fingerprint density at radius 2 is 1.71 bits per heavy atom. The average molecular weight is 494 g/mol. The first-order chi connectivity index (χ1) is 16.3. The SMILES string of the molecule is CCc1cccc2sc(NC(=O)c3ccc(S(=O)(=O)N(Cc4ccccc4)C(C)C)cc3)nc12. The van der Waals surface area contributed by atoms with Crippen molar-refractivity contribution in [3.8, 4) is 0 Å². The number of para-hydroxylation sites is 1. The predicted molar refractivity (Wildman–Crippen MR) is 138 cm³/mol. The second-order valence-electron chi connectivity index (χ2n) is 8.24. The number of carbonyl (C=O) groups is 1. The second-order valence-corrected chi connectivity index (χ2v) is 11.2. The van der Waals surface area contributed by atoms with Crippen LogP contribution in [0.1, 0.15) is 42.3 Å². The van der Waals surface area contributed by atoms with E-state index in [-0.39, 0.29) is 23.4 Å². The van der Waals surface area contributed by atoms with Crippen LogP contribution in [-0.4, -0.2) is 29.7 Å². The molecule has 34 heavy (non-hydrogen) atoms. The molecule has 0 saturated carbocycles. The summed E-state index contributed by atoms with van der Waals surface area (Å²) in [5.41, 5.74) is 3.32. The van der Waals surface area contributed by atoms with Crippen molar-refractivity contribution in [2.75, 3.05) is 5.32 Å². The molecule has 0 aliphatic heterocycles. The molecule has 0 aliphatic carbocycles. The zero-order valence-corrected chi connectivity index (χ0v) is 21.0. The minimum absolute atomic E-state index is 0.154. The number of sulfonamides is 1. The fourth-order valence-corrected chi connectivity index (χ4v) is 6.27. The van der Waals surface area contributed by atoms with E-state index in [9.17, 15) is 13.2 Å². The number of benzene rings is 3. The number of aryl methyl sites for hydroxylation is 1. The average Bonchev–Trinajstić information content (AvgIpc) is 3.25. The maximum Gasteiger partial charge on any atom is 0.257 e. The summed E-state index contributed by atoms with van der Waals surface area (Å²) in [5, 5.41) is 3.36. The van der Waals surface area contributed by atoms with Gasteiger partial charge in [-0.1, -0.05) is 60.7 Å². The normalized spacial score (nSPS) is 11.9. The zero-order valence-electron chi connectivity index (χ0n) is 19.4. The van der Waals surface area contributed by atoms with Crippen LogP contribution >= 0.6 is 11.3 Å². The van der Waals surface area contributed by atoms with Gasteiger partial charge in [-0.3, -0.25) is 10.1 Å². The van der Waals surface area contributed by atoms with Gasteiger partial charge in [0.2, 0.25) is 10.0 Å². The fourth-order valence-electron chi connectivity index (χ4n) is 3.74. The van der Waals surface area contributed by atoms with E-state index < -0.39 is 10.0 Å². The largest absolute Gasteiger partial charge is 0.298 e. The number of rotatable bonds is 8. The third-order valence-corrected chi connectivity index (χ3v) is 8.56. The first-order valence-electron chi connectivity index (χ1n) is 11.1. The summed E-state index contributed by atoms with van der Waals surface area (Å²) in [5.74, 6) is -0.328. The molecule has 176 valence electrons. The molecule has 3 aromatic carbocycles. The molecular weight excluding hydrogens is 466 g/mol. The lowest BCUT2D eigenvalue weighted by Gasteiger charge is -2.26. The number of anilines is 1. The Hall–Kier alpha value is -3.07. The van der Waals surface area contributed by atoms with Crippen LogP contribution in [0.5, 0.6) is 0 Å². The Morgan fingerprint density at radius 3 is 2.35 bits per heavy atom. The molecule has 0 atom stereocenters. The number of hydrogen-bond donors (Lipinski definition) is 1. The van der Waals surface area contributed by atoms with Crippen molar-refractivity contribution in [3.63, 3.8) is 0 Å². The summed E-state index contributed by atoms with van der Waals surface area (Å²) < 4.78 is 29.1. The highest BCUT2D eigenvalue weighted by Crippen LogP contribution is 2.29. The van der Waals surface area contributed by atoms with E-state index in [1.54, 1.807) is 0 Å². The van der Waals surface area contributed by atoms with E-state index in [2.05, 4.69) is 17.2 Å². The van der Waals surface area contributed by atoms with E-state index >= 15 is 0 Å². The Bertz CT molecular complexity index is 1400. The molecule has 4 rings (SSSR count). The number of aromatic nitrogens is 1. The molecule has 0 fully saturated rings. The summed E-state index contributed by atoms with van der Waals surface area (Å²) >= 11 is 1.42. The standard InChI is InChI=1S/C26H27N3O3S2/c1-4-20-11-8-12-23-24(20)27-26(33-23)28-25(30)21-13-15-22(16-14-21)34(31,32)29(18(2)3)17-19-9-6-5-7-10-19/h5-16,18H,4,17H2,1-3H3,(H,27,28,30). The lowest BCUT2D eigenvalue weighted by atomic mass is 10.1. The Kier molecular flexibility index (Phi) is 7.11. The van der Waals surface area contributed by atoms with E-state index in [1.165, 1.54) is 39.9 Å². The Morgan fingerprint density at radius 1 is 1.00 bits per heavy atom. The van der Waals surface area contributed by atoms with Gasteiger partial charge in [0.05, 0.1) is 15.1 Å². The van der Waals surface area contributed by atoms with Crippen LogP contribution in [0.3, 0.4) is 0 Å². The number of fused-ring (bicyclic) bond motifs is 1. The lowest BCUT2D eigenvalue weighted by Crippen LogP contribution is -2.36. The van der Waals surface area contributed by atoms with Gasteiger partial charge in [-0.2, -0.15) is 4.31 Å². The van der Waals surface area contributed by atoms with E-state index in [0.717, 1.165) is 27.8 Å². The monoisotopic (exact) mass is 493 g/mol. The second kappa shape index (κ2) is 10.0. The molecule has 0 aliphatic rings. The fraction of sp³-hybridized carbons (Fsp3) is 0.231. The maximum atomic E-state index is 13.3. The number of hydrogen-bond acceptors (Lipinski definition) is 5. The quantitative estimate of drug-likeness (QED) is 0.341. The molecule has 8 heteroatoms. The highest BCUT2D eigenvalue weighted by Gasteiger charge is 2.27. The molecule has 1 aromatic heterocycles. The smallest absolute Gasteiger partial charge is 0.257 e. The number of nitrogens with zero attached hydrogens (tertiary/aromatic N) is 2. The van der Waals surface area contributed by atoms with Gasteiger partial charge in [-0.15, -0.1) is 0 Å². The highest BCUT2D eigenvalue weighted by molar-refractivity contribution is 7.89. The van der Waals surface area contributed by atoms with Crippen molar-refractivity contribution in [2.45, 2.75) is 44.7 Å². The van der Waals surface area contributed by atoms with Crippen LogP contribution in [0.2, 0.25) is 0 Å². The van der Waals surface area contributed by atoms with Crippen LogP contribution in [0.15, 0.2) is 77.7 Å². The third-order valence-electron chi connectivity index (χ3n) is 5.58. The van der Waals surface area contributed by atoms with Gasteiger partial charge in [0.25, 0.3) is 5.91 Å². The first kappa shape index (κ1) is 24.1. The van der Waals surface area contributed by atoms with E-state index in [0.29, 0.717) is 10.7 Å². The van der Waals surface area contributed by atoms with Crippen molar-refractivity contribution in [1.29, 1.82) is 0 Å². The van der Waals surface area contributed by atoms with Gasteiger partial charge < -0.3 is 0 Å². The molecule has 0 unspecified atom stereocenters. The summed E-state index contributed by atoms with van der Waals surface area (Å²) in [6.07, 6.45) is 0.863. The number of carbonyl (C=O) groups excluding carboxylic acids is 1. The van der Waals surface area contributed by atoms with Gasteiger partial charge in [0, 0.05) is 18.2 Å². The number of thiazole rings is 1. The molecule has 0 spiro atoms. The zero-order chi connectivity index (χ0) is 24.3. The lowest BCUT2D eigenvalue weighted by molar-refractivity contribution is 0.102. The predicted octanol–water partition coefficient (Wildman–Crippen LogP) is 5.71. The summed E-state index contributed by atoms with van der Waals surface area (Å²) in [6, 6.07) is 21.3. The third kappa shape index (κ3) is 5.04. The highest BCUT2D eigenvalue weighted by atomic mass is 32.2. The number of nitrogens with one attached hydrogen (secondary N) is 1. The van der Waals surface area contributed by atoms with Crippen LogP contribution in [0.4, 0.5) is 5.13 Å². The summed E-state index contributed by atoms with van der Waals surface area (Å²) in [6.45, 7) is 6.05. The Balaban J connectivity index is 1.53. The first-order valence-corrected chi connectivity index (χ1v) is 13.4. The maximum absolute atomic E-state index is 13.3. The molecule has 0 radical (unpaired) electrons. The van der Waals surface area contributed by atoms with Crippen molar-refractivity contribution >= 4 is 42.6 Å². The number of amides is 1. The molecule has 0 bridgehead atoms. The minimum atomic E-state index is -3.73. The Labute approximate surface area is 204 Å². The minimum Gasteiger partial charge on any atom is -0.298 e. The molecule has 1 N–H and O–H groups in total. The van der Waals surface area contributed by atoms with E-state index in [1.807, 2.05) is 62.4 Å². The molecular formula is C26H27N3O3S2. The molecule has 0 saturated heterocycles. The van der Waals surface area contributed by atoms with Crippen molar-refractivity contribution in [1.82, 2.24) is 9.29 Å². The topological polar surface area (TPSA) is 79.4 Å². The van der Waals surface area contributed by atoms with Gasteiger partial charge >= 0.3 is 0 Å². The molecule has 6 nitrogen and oxygen atoms in total. The summed E-state index contributed by atoms with van der Waals surface area (Å²) in [4.78, 5) is 17.5. The molecule has 1 heterocycles. The van der Waals surface area contributed by atoms with Crippen LogP contribution in [0, 0.1) is 0 Å². The molecule has 1 amide bonds. The van der Waals surface area contributed by atoms with Crippen molar-refractivity contribution < 1.29 is 13.2 Å². The van der Waals surface area contributed by atoms with Crippen LogP contribution in [-0.2, 0) is 23.0 Å². The summed E-state index contributed by atoms with van der Waals surface area (Å²) in [7, 11) is -3.73. The van der Waals surface area contributed by atoms with E-state index in [4.69, 9.17) is 0 Å². The van der Waals surface area contributed by atoms with Gasteiger partial charge in [0.1, 0.15) is 0 Å². The molecule has 4 aromatic rings. The van der Waals surface area contributed by atoms with Crippen molar-refractivity contribution in [3.05, 3.63) is 89.5 Å². The van der Waals surface area contributed by atoms with Gasteiger partial charge in [0.15, 0.2) is 5.13 Å². The van der Waals surface area contributed by atoms with Crippen LogP contribution in [0.25, 0.3) is 10.2 Å². The van der Waals surface area contributed by atoms with Gasteiger partial charge in [-0.05, 0) is 61.7 Å². The van der Waals surface area contributed by atoms with Crippen molar-refractivity contribution in [2.24, 2.45) is 0 Å². The van der Waals surface area contributed by atoms with Crippen LogP contribution < -0.4 is 5.32 Å². The van der Waals surface area contributed by atoms with Gasteiger partial charge in [-0.25, -0.2) is 13.4 Å².